The lowest BCUT2D eigenvalue weighted by Gasteiger charge is -2.26. The van der Waals surface area contributed by atoms with Crippen molar-refractivity contribution >= 4 is 27.5 Å². The van der Waals surface area contributed by atoms with E-state index in [0.29, 0.717) is 11.4 Å². The third-order valence-corrected chi connectivity index (χ3v) is 4.96. The number of nitrogens with one attached hydrogen (secondary N) is 1. The van der Waals surface area contributed by atoms with Crippen molar-refractivity contribution in [3.05, 3.63) is 27.7 Å². The van der Waals surface area contributed by atoms with Crippen LogP contribution in [0.1, 0.15) is 36.8 Å². The Bertz CT molecular complexity index is 458. The van der Waals surface area contributed by atoms with Crippen LogP contribution in [0.4, 0.5) is 0 Å². The predicted octanol–water partition coefficient (Wildman–Crippen LogP) is 4.02. The van der Waals surface area contributed by atoms with Gasteiger partial charge in [-0.05, 0) is 43.4 Å². The molecule has 2 nitrogen and oxygen atoms in total. The highest BCUT2D eigenvalue weighted by Gasteiger charge is 2.21. The fourth-order valence-electron chi connectivity index (χ4n) is 2.99. The molecule has 0 unspecified atom stereocenters. The van der Waals surface area contributed by atoms with Gasteiger partial charge in [0.2, 0.25) is 0 Å². The normalized spacial score (nSPS) is 26.0. The summed E-state index contributed by atoms with van der Waals surface area (Å²) in [7, 11) is 0. The zero-order valence-corrected chi connectivity index (χ0v) is 13.3. The Balaban J connectivity index is 1.64. The number of ether oxygens (including phenoxy) is 1. The Labute approximate surface area is 128 Å². The first-order chi connectivity index (χ1) is 9.22. The zero-order chi connectivity index (χ0) is 13.2. The molecule has 0 saturated heterocycles. The van der Waals surface area contributed by atoms with Gasteiger partial charge >= 0.3 is 0 Å². The number of rotatable bonds is 3. The largest absolute Gasteiger partial charge is 0.493 e. The summed E-state index contributed by atoms with van der Waals surface area (Å²) in [6.45, 7) is 1.70. The maximum atomic E-state index is 6.14. The molecule has 0 atom stereocenters. The van der Waals surface area contributed by atoms with Crippen LogP contribution in [0.5, 0.6) is 5.75 Å². The van der Waals surface area contributed by atoms with Crippen molar-refractivity contribution in [2.75, 3.05) is 6.61 Å². The van der Waals surface area contributed by atoms with Gasteiger partial charge in [0.25, 0.3) is 0 Å². The van der Waals surface area contributed by atoms with Crippen LogP contribution < -0.4 is 10.1 Å². The molecule has 0 aromatic heterocycles. The molecule has 1 aliphatic carbocycles. The third-order valence-electron chi connectivity index (χ3n) is 4.06. The van der Waals surface area contributed by atoms with Crippen molar-refractivity contribution in [3.63, 3.8) is 0 Å². The topological polar surface area (TPSA) is 21.3 Å². The molecule has 0 bridgehead atoms. The van der Waals surface area contributed by atoms with Crippen LogP contribution in [0.25, 0.3) is 0 Å². The number of hydrogen-bond donors (Lipinski definition) is 1. The van der Waals surface area contributed by atoms with Crippen molar-refractivity contribution in [3.8, 4) is 5.75 Å². The van der Waals surface area contributed by atoms with Crippen molar-refractivity contribution in [1.29, 1.82) is 0 Å². The van der Waals surface area contributed by atoms with Crippen LogP contribution in [-0.4, -0.2) is 18.0 Å². The Hall–Kier alpha value is -0.250. The van der Waals surface area contributed by atoms with E-state index >= 15 is 0 Å². The molecule has 104 valence electrons. The third kappa shape index (κ3) is 3.26. The highest BCUT2D eigenvalue weighted by atomic mass is 79.9. The minimum absolute atomic E-state index is 0.386. The molecule has 1 aromatic rings. The summed E-state index contributed by atoms with van der Waals surface area (Å²) in [6.07, 6.45) is 5.66. The van der Waals surface area contributed by atoms with E-state index in [2.05, 4.69) is 33.4 Å². The summed E-state index contributed by atoms with van der Waals surface area (Å²) in [5.74, 6) is 1.10. The quantitative estimate of drug-likeness (QED) is 0.836. The molecule has 1 aromatic carbocycles. The first kappa shape index (κ1) is 13.7. The lowest BCUT2D eigenvalue weighted by atomic mass is 9.95. The average Bonchev–Trinajstić information content (AvgIpc) is 2.85. The van der Waals surface area contributed by atoms with Gasteiger partial charge in [-0.1, -0.05) is 15.9 Å². The monoisotopic (exact) mass is 343 g/mol. The van der Waals surface area contributed by atoms with Gasteiger partial charge < -0.3 is 10.1 Å². The summed E-state index contributed by atoms with van der Waals surface area (Å²) in [5.41, 5.74) is 2.60. The van der Waals surface area contributed by atoms with E-state index < -0.39 is 0 Å². The number of halogens is 2. The molecule has 0 amide bonds. The average molecular weight is 345 g/mol. The van der Waals surface area contributed by atoms with Crippen molar-refractivity contribution in [1.82, 2.24) is 5.32 Å². The van der Waals surface area contributed by atoms with E-state index in [-0.39, 0.29) is 0 Å². The Morgan fingerprint density at radius 3 is 2.84 bits per heavy atom. The van der Waals surface area contributed by atoms with Crippen LogP contribution >= 0.6 is 27.5 Å². The minimum Gasteiger partial charge on any atom is -0.493 e. The lowest BCUT2D eigenvalue weighted by Crippen LogP contribution is -2.33. The molecule has 1 fully saturated rings. The molecule has 1 N–H and O–H groups in total. The van der Waals surface area contributed by atoms with Crippen LogP contribution in [0, 0.1) is 0 Å². The van der Waals surface area contributed by atoms with E-state index in [0.717, 1.165) is 42.6 Å². The smallest absolute Gasteiger partial charge is 0.127 e. The molecule has 0 radical (unpaired) electrons. The van der Waals surface area contributed by atoms with Crippen molar-refractivity contribution in [2.45, 2.75) is 50.1 Å². The van der Waals surface area contributed by atoms with Gasteiger partial charge in [-0.15, -0.1) is 11.6 Å². The highest BCUT2D eigenvalue weighted by Crippen LogP contribution is 2.33. The van der Waals surface area contributed by atoms with Crippen LogP contribution in [0.3, 0.4) is 0 Å². The van der Waals surface area contributed by atoms with Crippen molar-refractivity contribution < 1.29 is 4.74 Å². The van der Waals surface area contributed by atoms with Crippen LogP contribution in [0.2, 0.25) is 0 Å². The van der Waals surface area contributed by atoms with Gasteiger partial charge in [0.15, 0.2) is 0 Å². The number of fused-ring (bicyclic) bond motifs is 1. The fourth-order valence-corrected chi connectivity index (χ4v) is 3.79. The molecule has 2 aliphatic rings. The summed E-state index contributed by atoms with van der Waals surface area (Å²) in [6, 6.07) is 4.94. The van der Waals surface area contributed by atoms with E-state index in [1.165, 1.54) is 24.0 Å². The molecule has 0 spiro atoms. The molecular formula is C15H19BrClNO. The van der Waals surface area contributed by atoms with Gasteiger partial charge in [-0.2, -0.15) is 0 Å². The SMILES string of the molecule is ClC1CCC(NCc2cc(Br)cc3c2OCC3)CC1. The summed E-state index contributed by atoms with van der Waals surface area (Å²) in [4.78, 5) is 0. The van der Waals surface area contributed by atoms with Gasteiger partial charge in [0.1, 0.15) is 5.75 Å². The molecule has 1 heterocycles. The van der Waals surface area contributed by atoms with Gasteiger partial charge in [0.05, 0.1) is 6.61 Å². The molecule has 19 heavy (non-hydrogen) atoms. The Morgan fingerprint density at radius 1 is 1.26 bits per heavy atom. The van der Waals surface area contributed by atoms with E-state index in [1.54, 1.807) is 0 Å². The number of hydrogen-bond acceptors (Lipinski definition) is 2. The predicted molar refractivity (Wildman–Crippen MR) is 82.1 cm³/mol. The first-order valence-corrected chi connectivity index (χ1v) is 8.27. The summed E-state index contributed by atoms with van der Waals surface area (Å²) in [5, 5.41) is 4.04. The van der Waals surface area contributed by atoms with Crippen LogP contribution in [0.15, 0.2) is 16.6 Å². The second kappa shape index (κ2) is 6.02. The molecule has 4 heteroatoms. The number of benzene rings is 1. The fraction of sp³-hybridized carbons (Fsp3) is 0.600. The maximum Gasteiger partial charge on any atom is 0.127 e. The lowest BCUT2D eigenvalue weighted by molar-refractivity contribution is 0.345. The molecular weight excluding hydrogens is 326 g/mol. The van der Waals surface area contributed by atoms with E-state index in [9.17, 15) is 0 Å². The van der Waals surface area contributed by atoms with Crippen LogP contribution in [-0.2, 0) is 13.0 Å². The second-order valence-electron chi connectivity index (χ2n) is 5.48. The molecule has 1 saturated carbocycles. The van der Waals surface area contributed by atoms with Crippen molar-refractivity contribution in [2.24, 2.45) is 0 Å². The zero-order valence-electron chi connectivity index (χ0n) is 10.9. The number of alkyl halides is 1. The first-order valence-electron chi connectivity index (χ1n) is 7.04. The van der Waals surface area contributed by atoms with Gasteiger partial charge in [0, 0.05) is 34.4 Å². The van der Waals surface area contributed by atoms with E-state index in [4.69, 9.17) is 16.3 Å². The Kier molecular flexibility index (Phi) is 4.35. The highest BCUT2D eigenvalue weighted by molar-refractivity contribution is 9.10. The molecule has 1 aliphatic heterocycles. The van der Waals surface area contributed by atoms with Gasteiger partial charge in [-0.25, -0.2) is 0 Å². The second-order valence-corrected chi connectivity index (χ2v) is 7.01. The standard InChI is InChI=1S/C15H19BrClNO/c16-12-7-10-5-6-19-15(10)11(8-12)9-18-14-3-1-13(17)2-4-14/h7-8,13-14,18H,1-6,9H2. The minimum atomic E-state index is 0.386. The van der Waals surface area contributed by atoms with E-state index in [1.807, 2.05) is 0 Å². The maximum absolute atomic E-state index is 6.14. The summed E-state index contributed by atoms with van der Waals surface area (Å²) < 4.78 is 6.91. The van der Waals surface area contributed by atoms with Gasteiger partial charge in [-0.3, -0.25) is 0 Å². The molecule has 3 rings (SSSR count). The summed E-state index contributed by atoms with van der Waals surface area (Å²) >= 11 is 9.73. The Morgan fingerprint density at radius 2 is 2.05 bits per heavy atom.